The fraction of sp³-hybridized carbons (Fsp3) is 0.556. The third-order valence-corrected chi connectivity index (χ3v) is 6.71. The van der Waals surface area contributed by atoms with E-state index < -0.39 is 0 Å². The molecule has 0 spiro atoms. The molecule has 1 aliphatic rings. The molecule has 0 nitrogen and oxygen atoms in total. The molecule has 3 rings (SSSR count). The summed E-state index contributed by atoms with van der Waals surface area (Å²) in [5.41, 5.74) is 5.06. The smallest absolute Gasteiger partial charge is 0.126 e. The predicted molar refractivity (Wildman–Crippen MR) is 118 cm³/mol. The molecule has 0 N–H and O–H groups in total. The van der Waals surface area contributed by atoms with Gasteiger partial charge in [-0.3, -0.25) is 0 Å². The molecule has 0 saturated heterocycles. The second-order valence-corrected chi connectivity index (χ2v) is 9.40. The van der Waals surface area contributed by atoms with Gasteiger partial charge in [-0.2, -0.15) is 0 Å². The zero-order valence-electron chi connectivity index (χ0n) is 18.2. The van der Waals surface area contributed by atoms with Crippen LogP contribution in [-0.2, 0) is 12.8 Å². The summed E-state index contributed by atoms with van der Waals surface area (Å²) < 4.78 is 14.6. The number of benzene rings is 2. The molecular weight excluding hydrogens is 343 g/mol. The van der Waals surface area contributed by atoms with Crippen molar-refractivity contribution >= 4 is 0 Å². The maximum Gasteiger partial charge on any atom is 0.126 e. The number of hydrogen-bond donors (Lipinski definition) is 0. The molecule has 1 fully saturated rings. The van der Waals surface area contributed by atoms with Crippen LogP contribution < -0.4 is 0 Å². The van der Waals surface area contributed by atoms with Crippen molar-refractivity contribution in [3.63, 3.8) is 0 Å². The summed E-state index contributed by atoms with van der Waals surface area (Å²) in [7, 11) is 0. The van der Waals surface area contributed by atoms with E-state index in [1.54, 1.807) is 6.07 Å². The van der Waals surface area contributed by atoms with Crippen molar-refractivity contribution in [2.75, 3.05) is 0 Å². The van der Waals surface area contributed by atoms with E-state index in [1.807, 2.05) is 6.07 Å². The maximum absolute atomic E-state index is 14.6. The Morgan fingerprint density at radius 2 is 1.82 bits per heavy atom. The quantitative estimate of drug-likeness (QED) is 0.458. The van der Waals surface area contributed by atoms with E-state index >= 15 is 0 Å². The molecule has 0 amide bonds. The van der Waals surface area contributed by atoms with Crippen molar-refractivity contribution in [2.45, 2.75) is 78.6 Å². The van der Waals surface area contributed by atoms with Gasteiger partial charge in [-0.15, -0.1) is 0 Å². The van der Waals surface area contributed by atoms with Crippen molar-refractivity contribution in [3.05, 3.63) is 70.5 Å². The van der Waals surface area contributed by atoms with Gasteiger partial charge in [-0.1, -0.05) is 62.7 Å². The van der Waals surface area contributed by atoms with Crippen molar-refractivity contribution in [1.29, 1.82) is 0 Å². The van der Waals surface area contributed by atoms with Crippen molar-refractivity contribution in [2.24, 2.45) is 17.8 Å². The van der Waals surface area contributed by atoms with E-state index in [0.29, 0.717) is 17.8 Å². The minimum absolute atomic E-state index is 0.00343. The molecular formula is C27H37F. The van der Waals surface area contributed by atoms with Crippen LogP contribution in [0.2, 0.25) is 0 Å². The monoisotopic (exact) mass is 380 g/mol. The molecule has 0 heterocycles. The lowest BCUT2D eigenvalue weighted by Gasteiger charge is -2.38. The minimum atomic E-state index is 0.00343. The summed E-state index contributed by atoms with van der Waals surface area (Å²) >= 11 is 0. The molecule has 0 aromatic heterocycles. The minimum Gasteiger partial charge on any atom is -0.207 e. The van der Waals surface area contributed by atoms with Crippen LogP contribution in [0.25, 0.3) is 0 Å². The standard InChI is InChI=1S/C27H37F/c1-5-21-10-14-27(28)26(17-21)24-13-12-23(25(18-24)15-19(2)3)11-9-22-8-6-7-20(4)16-22/h6-8,10,14,16-17,19,23-25H,5,9,11-13,15,18H2,1-4H3. The second-order valence-electron chi connectivity index (χ2n) is 9.40. The van der Waals surface area contributed by atoms with Crippen LogP contribution in [0.5, 0.6) is 0 Å². The van der Waals surface area contributed by atoms with Crippen LogP contribution in [0, 0.1) is 30.5 Å². The summed E-state index contributed by atoms with van der Waals surface area (Å²) in [4.78, 5) is 0. The largest absolute Gasteiger partial charge is 0.207 e. The first-order valence-corrected chi connectivity index (χ1v) is 11.3. The molecule has 1 saturated carbocycles. The van der Waals surface area contributed by atoms with Gasteiger partial charge in [-0.25, -0.2) is 4.39 Å². The van der Waals surface area contributed by atoms with E-state index in [4.69, 9.17) is 0 Å². The Kier molecular flexibility index (Phi) is 7.32. The highest BCUT2D eigenvalue weighted by Crippen LogP contribution is 2.44. The summed E-state index contributed by atoms with van der Waals surface area (Å²) in [6.45, 7) is 9.00. The second kappa shape index (κ2) is 9.72. The highest BCUT2D eigenvalue weighted by molar-refractivity contribution is 5.29. The Labute approximate surface area is 171 Å². The lowest BCUT2D eigenvalue weighted by Crippen LogP contribution is -2.26. The van der Waals surface area contributed by atoms with Gasteiger partial charge >= 0.3 is 0 Å². The van der Waals surface area contributed by atoms with Crippen LogP contribution in [0.15, 0.2) is 42.5 Å². The molecule has 3 atom stereocenters. The molecule has 1 heteroatoms. The predicted octanol–water partition coefficient (Wildman–Crippen LogP) is 7.88. The molecule has 1 aliphatic carbocycles. The maximum atomic E-state index is 14.6. The number of rotatable bonds is 7. The molecule has 152 valence electrons. The molecule has 0 aliphatic heterocycles. The summed E-state index contributed by atoms with van der Waals surface area (Å²) in [6.07, 6.45) is 8.22. The Bertz CT molecular complexity index is 761. The van der Waals surface area contributed by atoms with E-state index in [1.165, 1.54) is 42.4 Å². The van der Waals surface area contributed by atoms with E-state index in [0.717, 1.165) is 30.7 Å². The molecule has 2 aromatic rings. The van der Waals surface area contributed by atoms with Gasteiger partial charge in [-0.05, 0) is 98.3 Å². The first-order chi connectivity index (χ1) is 13.5. The highest BCUT2D eigenvalue weighted by atomic mass is 19.1. The third-order valence-electron chi connectivity index (χ3n) is 6.71. The van der Waals surface area contributed by atoms with Gasteiger partial charge in [0.05, 0.1) is 0 Å². The van der Waals surface area contributed by atoms with E-state index in [2.05, 4.69) is 58.0 Å². The van der Waals surface area contributed by atoms with Crippen LogP contribution in [0.1, 0.15) is 81.0 Å². The van der Waals surface area contributed by atoms with Crippen molar-refractivity contribution in [3.8, 4) is 0 Å². The Hall–Kier alpha value is -1.63. The molecule has 0 radical (unpaired) electrons. The number of hydrogen-bond acceptors (Lipinski definition) is 0. The average Bonchev–Trinajstić information content (AvgIpc) is 2.67. The van der Waals surface area contributed by atoms with Gasteiger partial charge in [0.25, 0.3) is 0 Å². The Morgan fingerprint density at radius 3 is 2.54 bits per heavy atom. The summed E-state index contributed by atoms with van der Waals surface area (Å²) in [6, 6.07) is 14.7. The molecule has 2 aromatic carbocycles. The first-order valence-electron chi connectivity index (χ1n) is 11.3. The van der Waals surface area contributed by atoms with Gasteiger partial charge in [0.1, 0.15) is 5.82 Å². The third kappa shape index (κ3) is 5.46. The van der Waals surface area contributed by atoms with Gasteiger partial charge in [0.2, 0.25) is 0 Å². The van der Waals surface area contributed by atoms with Gasteiger partial charge < -0.3 is 0 Å². The Balaban J connectivity index is 1.70. The fourth-order valence-corrected chi connectivity index (χ4v) is 5.23. The highest BCUT2D eigenvalue weighted by Gasteiger charge is 2.32. The van der Waals surface area contributed by atoms with E-state index in [9.17, 15) is 4.39 Å². The fourth-order valence-electron chi connectivity index (χ4n) is 5.23. The van der Waals surface area contributed by atoms with Crippen LogP contribution >= 0.6 is 0 Å². The lowest BCUT2D eigenvalue weighted by molar-refractivity contribution is 0.174. The number of aryl methyl sites for hydroxylation is 3. The Morgan fingerprint density at radius 1 is 1.00 bits per heavy atom. The normalized spacial score (nSPS) is 22.6. The average molecular weight is 381 g/mol. The van der Waals surface area contributed by atoms with Crippen LogP contribution in [0.3, 0.4) is 0 Å². The number of halogens is 1. The summed E-state index contributed by atoms with van der Waals surface area (Å²) in [5, 5.41) is 0. The van der Waals surface area contributed by atoms with Gasteiger partial charge in [0.15, 0.2) is 0 Å². The van der Waals surface area contributed by atoms with Crippen LogP contribution in [0.4, 0.5) is 4.39 Å². The molecule has 28 heavy (non-hydrogen) atoms. The van der Waals surface area contributed by atoms with Crippen molar-refractivity contribution in [1.82, 2.24) is 0 Å². The lowest BCUT2D eigenvalue weighted by atomic mass is 9.67. The molecule has 3 unspecified atom stereocenters. The zero-order valence-corrected chi connectivity index (χ0v) is 18.2. The van der Waals surface area contributed by atoms with Gasteiger partial charge in [0, 0.05) is 0 Å². The summed E-state index contributed by atoms with van der Waals surface area (Å²) in [5.74, 6) is 2.59. The van der Waals surface area contributed by atoms with Crippen LogP contribution in [-0.4, -0.2) is 0 Å². The zero-order chi connectivity index (χ0) is 20.1. The van der Waals surface area contributed by atoms with Crippen molar-refractivity contribution < 1.29 is 4.39 Å². The topological polar surface area (TPSA) is 0 Å². The SMILES string of the molecule is CCc1ccc(F)c(C2CCC(CCc3cccc(C)c3)C(CC(C)C)C2)c1. The van der Waals surface area contributed by atoms with E-state index in [-0.39, 0.29) is 5.82 Å². The first kappa shape index (κ1) is 21.1. The molecule has 0 bridgehead atoms.